The van der Waals surface area contributed by atoms with Gasteiger partial charge in [-0.05, 0) is 12.6 Å². The number of carboxylic acid groups (broad SMARTS) is 1. The fraction of sp³-hybridized carbons (Fsp3) is 0.462. The molecule has 2 atom stereocenters. The van der Waals surface area contributed by atoms with E-state index in [1.807, 2.05) is 37.3 Å². The van der Waals surface area contributed by atoms with E-state index in [1.165, 1.54) is 5.01 Å². The lowest BCUT2D eigenvalue weighted by atomic mass is 9.93. The first kappa shape index (κ1) is 16.6. The van der Waals surface area contributed by atoms with Gasteiger partial charge in [-0.2, -0.15) is 0 Å². The highest BCUT2D eigenvalue weighted by Gasteiger charge is 2.23. The van der Waals surface area contributed by atoms with E-state index >= 15 is 0 Å². The molecule has 0 amide bonds. The van der Waals surface area contributed by atoms with Gasteiger partial charge in [-0.25, -0.2) is 0 Å². The molecule has 102 valence electrons. The van der Waals surface area contributed by atoms with Crippen molar-refractivity contribution >= 4 is 5.97 Å². The van der Waals surface area contributed by atoms with Crippen molar-refractivity contribution in [2.45, 2.75) is 18.9 Å². The number of nitrogens with two attached hydrogens (primary N) is 1. The Morgan fingerprint density at radius 1 is 1.33 bits per heavy atom. The number of benzene rings is 1. The Balaban J connectivity index is 0.000000631. The molecule has 5 nitrogen and oxygen atoms in total. The van der Waals surface area contributed by atoms with E-state index in [0.717, 1.165) is 5.56 Å². The number of likely N-dealkylation sites (N-methyl/N-ethyl adjacent to an activating group) is 1. The Morgan fingerprint density at radius 2 is 1.78 bits per heavy atom. The fourth-order valence-electron chi connectivity index (χ4n) is 1.54. The second-order valence-corrected chi connectivity index (χ2v) is 4.27. The predicted molar refractivity (Wildman–Crippen MR) is 73.2 cm³/mol. The standard InChI is InChI=1S/C11H15NO2.C2H8N2/c1-8(10(12-2)11(13)14)9-6-4-3-5-7-9;1-4(2)3/h3-8,10,12H,1-2H3,(H,13,14);3H2,1-2H3/t8?,10-;/m1./s1. The molecule has 0 aliphatic carbocycles. The first-order chi connectivity index (χ1) is 8.40. The van der Waals surface area contributed by atoms with Crippen LogP contribution in [0.3, 0.4) is 0 Å². The van der Waals surface area contributed by atoms with Crippen LogP contribution in [0.1, 0.15) is 18.4 Å². The molecule has 0 saturated heterocycles. The van der Waals surface area contributed by atoms with Crippen LogP contribution in [0.5, 0.6) is 0 Å². The fourth-order valence-corrected chi connectivity index (χ4v) is 1.54. The number of aliphatic carboxylic acids is 1. The van der Waals surface area contributed by atoms with Gasteiger partial charge in [-0.1, -0.05) is 37.3 Å². The van der Waals surface area contributed by atoms with Gasteiger partial charge in [0.05, 0.1) is 0 Å². The number of hydrogen-bond donors (Lipinski definition) is 3. The van der Waals surface area contributed by atoms with Crippen molar-refractivity contribution < 1.29 is 9.90 Å². The van der Waals surface area contributed by atoms with E-state index in [0.29, 0.717) is 0 Å². The molecule has 1 aromatic rings. The van der Waals surface area contributed by atoms with E-state index in [9.17, 15) is 4.79 Å². The third-order valence-electron chi connectivity index (χ3n) is 2.40. The monoisotopic (exact) mass is 253 g/mol. The molecule has 4 N–H and O–H groups in total. The number of nitrogens with zero attached hydrogens (tertiary/aromatic N) is 1. The lowest BCUT2D eigenvalue weighted by molar-refractivity contribution is -0.139. The molecule has 18 heavy (non-hydrogen) atoms. The van der Waals surface area contributed by atoms with Crippen LogP contribution in [0.4, 0.5) is 0 Å². The average molecular weight is 253 g/mol. The summed E-state index contributed by atoms with van der Waals surface area (Å²) >= 11 is 0. The van der Waals surface area contributed by atoms with E-state index in [2.05, 4.69) is 5.32 Å². The summed E-state index contributed by atoms with van der Waals surface area (Å²) in [6, 6.07) is 9.11. The lowest BCUT2D eigenvalue weighted by Gasteiger charge is -2.19. The zero-order valence-electron chi connectivity index (χ0n) is 11.4. The van der Waals surface area contributed by atoms with E-state index in [4.69, 9.17) is 10.9 Å². The number of carbonyl (C=O) groups is 1. The van der Waals surface area contributed by atoms with Gasteiger partial charge in [0.15, 0.2) is 0 Å². The van der Waals surface area contributed by atoms with Gasteiger partial charge in [0.2, 0.25) is 0 Å². The first-order valence-electron chi connectivity index (χ1n) is 5.77. The summed E-state index contributed by atoms with van der Waals surface area (Å²) < 4.78 is 0. The van der Waals surface area contributed by atoms with Crippen molar-refractivity contribution in [3.05, 3.63) is 35.9 Å². The van der Waals surface area contributed by atoms with Crippen LogP contribution in [0.25, 0.3) is 0 Å². The number of rotatable bonds is 4. The minimum atomic E-state index is -0.816. The maximum Gasteiger partial charge on any atom is 0.321 e. The van der Waals surface area contributed by atoms with Crippen molar-refractivity contribution in [3.8, 4) is 0 Å². The quantitative estimate of drug-likeness (QED) is 0.548. The second kappa shape index (κ2) is 8.63. The van der Waals surface area contributed by atoms with Gasteiger partial charge < -0.3 is 10.4 Å². The Labute approximate surface area is 109 Å². The van der Waals surface area contributed by atoms with Gasteiger partial charge in [0.25, 0.3) is 0 Å². The molecule has 0 aliphatic heterocycles. The summed E-state index contributed by atoms with van der Waals surface area (Å²) in [4.78, 5) is 10.9. The van der Waals surface area contributed by atoms with Crippen molar-refractivity contribution in [2.75, 3.05) is 21.1 Å². The van der Waals surface area contributed by atoms with Crippen molar-refractivity contribution in [2.24, 2.45) is 5.84 Å². The molecule has 0 spiro atoms. The average Bonchev–Trinajstić information content (AvgIpc) is 2.29. The van der Waals surface area contributed by atoms with Crippen LogP contribution in [-0.2, 0) is 4.79 Å². The molecular weight excluding hydrogens is 230 g/mol. The zero-order valence-corrected chi connectivity index (χ0v) is 11.4. The highest BCUT2D eigenvalue weighted by Crippen LogP contribution is 2.18. The Bertz CT molecular complexity index is 339. The zero-order chi connectivity index (χ0) is 14.1. The smallest absolute Gasteiger partial charge is 0.321 e. The lowest BCUT2D eigenvalue weighted by Crippen LogP contribution is -2.38. The number of carboxylic acids is 1. The van der Waals surface area contributed by atoms with Gasteiger partial charge in [-0.3, -0.25) is 15.6 Å². The minimum Gasteiger partial charge on any atom is -0.480 e. The van der Waals surface area contributed by atoms with Gasteiger partial charge >= 0.3 is 5.97 Å². The third-order valence-corrected chi connectivity index (χ3v) is 2.40. The second-order valence-electron chi connectivity index (χ2n) is 4.27. The molecule has 1 aromatic carbocycles. The topological polar surface area (TPSA) is 78.6 Å². The van der Waals surface area contributed by atoms with Crippen LogP contribution in [0, 0.1) is 0 Å². The van der Waals surface area contributed by atoms with E-state index in [1.54, 1.807) is 21.1 Å². The summed E-state index contributed by atoms with van der Waals surface area (Å²) in [6.45, 7) is 1.91. The highest BCUT2D eigenvalue weighted by atomic mass is 16.4. The molecular formula is C13H23N3O2. The van der Waals surface area contributed by atoms with Gasteiger partial charge in [0.1, 0.15) is 6.04 Å². The molecule has 0 heterocycles. The largest absolute Gasteiger partial charge is 0.480 e. The maximum atomic E-state index is 10.9. The SMILES string of the molecule is CN(C)N.CN[C@@H](C(=O)O)C(C)c1ccccc1. The van der Waals surface area contributed by atoms with Crippen LogP contribution in [0.15, 0.2) is 30.3 Å². The van der Waals surface area contributed by atoms with E-state index < -0.39 is 12.0 Å². The molecule has 0 aromatic heterocycles. The Kier molecular flexibility index (Phi) is 7.94. The number of nitrogens with one attached hydrogen (secondary N) is 1. The van der Waals surface area contributed by atoms with Crippen LogP contribution in [-0.4, -0.2) is 43.3 Å². The van der Waals surface area contributed by atoms with E-state index in [-0.39, 0.29) is 5.92 Å². The van der Waals surface area contributed by atoms with Crippen molar-refractivity contribution in [3.63, 3.8) is 0 Å². The molecule has 0 saturated carbocycles. The Hall–Kier alpha value is -1.43. The summed E-state index contributed by atoms with van der Waals surface area (Å²) in [5.74, 6) is 4.10. The minimum absolute atomic E-state index is 0.0290. The summed E-state index contributed by atoms with van der Waals surface area (Å²) in [5, 5.41) is 13.2. The highest BCUT2D eigenvalue weighted by molar-refractivity contribution is 5.74. The normalized spacial score (nSPS) is 13.4. The van der Waals surface area contributed by atoms with Crippen LogP contribution in [0.2, 0.25) is 0 Å². The Morgan fingerprint density at radius 3 is 2.11 bits per heavy atom. The first-order valence-corrected chi connectivity index (χ1v) is 5.77. The van der Waals surface area contributed by atoms with Crippen molar-refractivity contribution in [1.29, 1.82) is 0 Å². The van der Waals surface area contributed by atoms with Crippen molar-refractivity contribution in [1.82, 2.24) is 10.3 Å². The molecule has 0 radical (unpaired) electrons. The third kappa shape index (κ3) is 6.34. The summed E-state index contributed by atoms with van der Waals surface area (Å²) in [6.07, 6.45) is 0. The predicted octanol–water partition coefficient (Wildman–Crippen LogP) is 0.884. The molecule has 0 bridgehead atoms. The maximum absolute atomic E-state index is 10.9. The molecule has 1 rings (SSSR count). The number of hydrazine groups is 1. The molecule has 0 fully saturated rings. The van der Waals surface area contributed by atoms with Gasteiger partial charge in [0, 0.05) is 20.0 Å². The summed E-state index contributed by atoms with van der Waals surface area (Å²) in [5.41, 5.74) is 1.04. The molecule has 1 unspecified atom stereocenters. The molecule has 0 aliphatic rings. The molecule has 5 heteroatoms. The summed E-state index contributed by atoms with van der Waals surface area (Å²) in [7, 11) is 5.22. The van der Waals surface area contributed by atoms with Gasteiger partial charge in [-0.15, -0.1) is 0 Å². The number of hydrogen-bond acceptors (Lipinski definition) is 4. The van der Waals surface area contributed by atoms with Crippen LogP contribution < -0.4 is 11.2 Å². The van der Waals surface area contributed by atoms with Crippen LogP contribution >= 0.6 is 0 Å².